The molecule has 0 spiro atoms. The molecular formula is C9H19N5. The third kappa shape index (κ3) is 2.16. The molecular weight excluding hydrogens is 178 g/mol. The van der Waals surface area contributed by atoms with E-state index < -0.39 is 0 Å². The first-order valence-electron chi connectivity index (χ1n) is 5.16. The summed E-state index contributed by atoms with van der Waals surface area (Å²) in [5, 5.41) is 7.78. The molecule has 0 unspecified atom stereocenters. The number of hydrogen-bond acceptors (Lipinski definition) is 4. The minimum Gasteiger partial charge on any atom is -0.366 e. The van der Waals surface area contributed by atoms with Crippen molar-refractivity contribution in [3.63, 3.8) is 0 Å². The summed E-state index contributed by atoms with van der Waals surface area (Å²) in [6.45, 7) is 4.31. The minimum absolute atomic E-state index is 0.289. The topological polar surface area (TPSA) is 82.8 Å². The summed E-state index contributed by atoms with van der Waals surface area (Å²) >= 11 is 0. The van der Waals surface area contributed by atoms with Crippen molar-refractivity contribution < 1.29 is 0 Å². The number of nitrogen functional groups attached to an aromatic ring is 2. The van der Waals surface area contributed by atoms with Crippen LogP contribution < -0.4 is 11.6 Å². The van der Waals surface area contributed by atoms with Gasteiger partial charge in [0.1, 0.15) is 0 Å². The van der Waals surface area contributed by atoms with Crippen LogP contribution in [0.15, 0.2) is 0 Å². The van der Waals surface area contributed by atoms with Gasteiger partial charge in [-0.25, -0.2) is 4.68 Å². The summed E-state index contributed by atoms with van der Waals surface area (Å²) in [5.74, 6) is 7.22. The summed E-state index contributed by atoms with van der Waals surface area (Å²) in [5.41, 5.74) is 5.54. The van der Waals surface area contributed by atoms with E-state index in [-0.39, 0.29) is 5.95 Å². The van der Waals surface area contributed by atoms with Crippen LogP contribution >= 0.6 is 0 Å². The van der Waals surface area contributed by atoms with E-state index >= 15 is 0 Å². The third-order valence-electron chi connectivity index (χ3n) is 2.39. The molecule has 1 heterocycles. The van der Waals surface area contributed by atoms with E-state index in [9.17, 15) is 0 Å². The van der Waals surface area contributed by atoms with Crippen molar-refractivity contribution >= 4 is 5.95 Å². The van der Waals surface area contributed by atoms with Gasteiger partial charge in [0.05, 0.1) is 0 Å². The maximum atomic E-state index is 5.73. The molecule has 1 aromatic heterocycles. The van der Waals surface area contributed by atoms with Gasteiger partial charge in [-0.1, -0.05) is 26.7 Å². The van der Waals surface area contributed by atoms with Crippen LogP contribution in [0.5, 0.6) is 0 Å². The van der Waals surface area contributed by atoms with Crippen molar-refractivity contribution in [2.75, 3.05) is 11.6 Å². The normalized spacial score (nSPS) is 11.1. The summed E-state index contributed by atoms with van der Waals surface area (Å²) in [4.78, 5) is 0. The maximum Gasteiger partial charge on any atom is 0.240 e. The second-order valence-electron chi connectivity index (χ2n) is 3.56. The van der Waals surface area contributed by atoms with E-state index in [1.54, 1.807) is 0 Å². The lowest BCUT2D eigenvalue weighted by molar-refractivity contribution is 0.522. The Balaban J connectivity index is 2.81. The van der Waals surface area contributed by atoms with Crippen molar-refractivity contribution in [3.05, 3.63) is 5.82 Å². The van der Waals surface area contributed by atoms with Gasteiger partial charge >= 0.3 is 0 Å². The Labute approximate surface area is 84.5 Å². The summed E-state index contributed by atoms with van der Waals surface area (Å²) in [6.07, 6.45) is 4.42. The standard InChI is InChI=1S/C9H19N5/c1-3-5-7(6-4-2)8-12-13-9(10)14(8)11/h7H,3-6,11H2,1-2H3,(H2,10,13). The number of nitrogens with zero attached hydrogens (tertiary/aromatic N) is 3. The molecule has 1 rings (SSSR count). The molecule has 14 heavy (non-hydrogen) atoms. The zero-order valence-electron chi connectivity index (χ0n) is 8.90. The van der Waals surface area contributed by atoms with Gasteiger partial charge in [0.15, 0.2) is 5.82 Å². The Kier molecular flexibility index (Phi) is 3.73. The minimum atomic E-state index is 0.289. The summed E-state index contributed by atoms with van der Waals surface area (Å²) in [7, 11) is 0. The highest BCUT2D eigenvalue weighted by atomic mass is 15.4. The van der Waals surface area contributed by atoms with Crippen molar-refractivity contribution in [2.24, 2.45) is 0 Å². The molecule has 0 amide bonds. The molecule has 0 bridgehead atoms. The molecule has 0 radical (unpaired) electrons. The van der Waals surface area contributed by atoms with Gasteiger partial charge in [-0.3, -0.25) is 0 Å². The largest absolute Gasteiger partial charge is 0.366 e. The molecule has 0 aliphatic heterocycles. The predicted molar refractivity (Wildman–Crippen MR) is 57.1 cm³/mol. The van der Waals surface area contributed by atoms with Crippen molar-refractivity contribution in [2.45, 2.75) is 45.4 Å². The fourth-order valence-electron chi connectivity index (χ4n) is 1.69. The van der Waals surface area contributed by atoms with Gasteiger partial charge in [0.2, 0.25) is 5.95 Å². The zero-order valence-corrected chi connectivity index (χ0v) is 8.90. The van der Waals surface area contributed by atoms with E-state index in [1.807, 2.05) is 0 Å². The van der Waals surface area contributed by atoms with Gasteiger partial charge in [-0.2, -0.15) is 0 Å². The first-order chi connectivity index (χ1) is 6.70. The highest BCUT2D eigenvalue weighted by Gasteiger charge is 2.17. The lowest BCUT2D eigenvalue weighted by Crippen LogP contribution is -2.18. The average molecular weight is 197 g/mol. The Morgan fingerprint density at radius 2 is 1.79 bits per heavy atom. The van der Waals surface area contributed by atoms with Gasteiger partial charge in [0.25, 0.3) is 0 Å². The smallest absolute Gasteiger partial charge is 0.240 e. The molecule has 0 fully saturated rings. The quantitative estimate of drug-likeness (QED) is 0.696. The molecule has 0 saturated carbocycles. The second kappa shape index (κ2) is 4.83. The number of anilines is 1. The Bertz CT molecular complexity index is 275. The van der Waals surface area contributed by atoms with Crippen molar-refractivity contribution in [1.82, 2.24) is 14.9 Å². The lowest BCUT2D eigenvalue weighted by Gasteiger charge is -2.13. The number of nitrogens with two attached hydrogens (primary N) is 2. The Morgan fingerprint density at radius 3 is 2.14 bits per heavy atom. The van der Waals surface area contributed by atoms with Gasteiger partial charge < -0.3 is 11.6 Å². The van der Waals surface area contributed by atoms with Crippen LogP contribution in [0.4, 0.5) is 5.95 Å². The molecule has 5 nitrogen and oxygen atoms in total. The van der Waals surface area contributed by atoms with E-state index in [1.165, 1.54) is 4.68 Å². The number of hydrogen-bond donors (Lipinski definition) is 2. The Hall–Kier alpha value is -1.26. The molecule has 0 aliphatic carbocycles. The average Bonchev–Trinajstić information content (AvgIpc) is 2.48. The van der Waals surface area contributed by atoms with Gasteiger partial charge in [0, 0.05) is 5.92 Å². The maximum absolute atomic E-state index is 5.73. The first-order valence-corrected chi connectivity index (χ1v) is 5.16. The van der Waals surface area contributed by atoms with Crippen molar-refractivity contribution in [3.8, 4) is 0 Å². The molecule has 0 aliphatic rings. The third-order valence-corrected chi connectivity index (χ3v) is 2.39. The summed E-state index contributed by atoms with van der Waals surface area (Å²) in [6, 6.07) is 0. The van der Waals surface area contributed by atoms with Crippen LogP contribution in [-0.2, 0) is 0 Å². The fraction of sp³-hybridized carbons (Fsp3) is 0.778. The first kappa shape index (κ1) is 10.8. The van der Waals surface area contributed by atoms with Crippen molar-refractivity contribution in [1.29, 1.82) is 0 Å². The van der Waals surface area contributed by atoms with E-state index in [0.717, 1.165) is 31.5 Å². The fourth-order valence-corrected chi connectivity index (χ4v) is 1.69. The van der Waals surface area contributed by atoms with Crippen LogP contribution in [0.2, 0.25) is 0 Å². The summed E-state index contributed by atoms with van der Waals surface area (Å²) < 4.78 is 1.40. The monoisotopic (exact) mass is 197 g/mol. The molecule has 1 aromatic rings. The van der Waals surface area contributed by atoms with E-state index in [2.05, 4.69) is 24.0 Å². The SMILES string of the molecule is CCCC(CCC)c1nnc(N)n1N. The molecule has 80 valence electrons. The molecule has 0 saturated heterocycles. The van der Waals surface area contributed by atoms with Gasteiger partial charge in [-0.05, 0) is 12.8 Å². The molecule has 0 aromatic carbocycles. The van der Waals surface area contributed by atoms with Gasteiger partial charge in [-0.15, -0.1) is 10.2 Å². The molecule has 0 atom stereocenters. The lowest BCUT2D eigenvalue weighted by atomic mass is 9.98. The highest BCUT2D eigenvalue weighted by molar-refractivity contribution is 5.18. The molecule has 4 N–H and O–H groups in total. The zero-order chi connectivity index (χ0) is 10.6. The van der Waals surface area contributed by atoms with Crippen LogP contribution in [0, 0.1) is 0 Å². The second-order valence-corrected chi connectivity index (χ2v) is 3.56. The van der Waals surface area contributed by atoms with E-state index in [0.29, 0.717) is 5.92 Å². The van der Waals surface area contributed by atoms with Crippen LogP contribution in [0.25, 0.3) is 0 Å². The van der Waals surface area contributed by atoms with Crippen LogP contribution in [0.3, 0.4) is 0 Å². The van der Waals surface area contributed by atoms with Crippen LogP contribution in [-0.4, -0.2) is 14.9 Å². The molecule has 5 heteroatoms. The van der Waals surface area contributed by atoms with Crippen LogP contribution in [0.1, 0.15) is 51.3 Å². The predicted octanol–water partition coefficient (Wildman–Crippen LogP) is 1.26. The van der Waals surface area contributed by atoms with E-state index in [4.69, 9.17) is 11.6 Å². The number of aromatic nitrogens is 3. The highest BCUT2D eigenvalue weighted by Crippen LogP contribution is 2.24. The Morgan fingerprint density at radius 1 is 1.21 bits per heavy atom. The number of rotatable bonds is 5.